The van der Waals surface area contributed by atoms with Crippen LogP contribution in [0.4, 0.5) is 0 Å². The Morgan fingerprint density at radius 3 is 3.00 bits per heavy atom. The molecule has 1 atom stereocenters. The molecule has 1 rings (SSSR count). The van der Waals surface area contributed by atoms with Crippen molar-refractivity contribution in [1.82, 2.24) is 5.32 Å². The van der Waals surface area contributed by atoms with Gasteiger partial charge in [-0.05, 0) is 0 Å². The first-order valence-electron chi connectivity index (χ1n) is 3.34. The van der Waals surface area contributed by atoms with Gasteiger partial charge in [0.1, 0.15) is 0 Å². The minimum atomic E-state index is -0.388. The van der Waals surface area contributed by atoms with E-state index in [-0.39, 0.29) is 12.6 Å². The van der Waals surface area contributed by atoms with Gasteiger partial charge in [-0.1, -0.05) is 0 Å². The van der Waals surface area contributed by atoms with Crippen molar-refractivity contribution in [2.24, 2.45) is 0 Å². The van der Waals surface area contributed by atoms with Gasteiger partial charge in [0.05, 0.1) is 0 Å². The third-order valence-electron chi connectivity index (χ3n) is 1.45. The van der Waals surface area contributed by atoms with Gasteiger partial charge in [0, 0.05) is 0 Å². The molecule has 3 nitrogen and oxygen atoms in total. The molecule has 1 aliphatic heterocycles. The predicted octanol–water partition coefficient (Wildman–Crippen LogP) is -1.56. The zero-order chi connectivity index (χ0) is 7.40. The van der Waals surface area contributed by atoms with Crippen molar-refractivity contribution in [2.45, 2.75) is 12.4 Å². The van der Waals surface area contributed by atoms with Gasteiger partial charge in [-0.25, -0.2) is 0 Å². The van der Waals surface area contributed by atoms with Crippen LogP contribution in [0.1, 0.15) is 0 Å². The van der Waals surface area contributed by atoms with E-state index in [1.165, 1.54) is 5.46 Å². The van der Waals surface area contributed by atoms with Gasteiger partial charge in [0.25, 0.3) is 0 Å². The average molecular weight is 139 g/mol. The van der Waals surface area contributed by atoms with E-state index in [1.54, 1.807) is 0 Å². The predicted molar refractivity (Wildman–Crippen MR) is 40.5 cm³/mol. The molecule has 0 aromatic carbocycles. The molecular weight excluding hydrogens is 129 g/mol. The van der Waals surface area contributed by atoms with E-state index in [0.29, 0.717) is 0 Å². The summed E-state index contributed by atoms with van der Waals surface area (Å²) in [6, 6.07) is -0.388. The molecule has 54 valence electrons. The number of aliphatic hydroxyl groups excluding tert-OH is 1. The van der Waals surface area contributed by atoms with Crippen LogP contribution in [0.5, 0.6) is 0 Å². The molecule has 0 bridgehead atoms. The molecule has 4 heteroatoms. The molecule has 0 unspecified atom stereocenters. The topological polar surface area (TPSA) is 49.3 Å². The molecule has 0 aromatic rings. The number of aliphatic hydroxyl groups is 1. The van der Waals surface area contributed by atoms with Gasteiger partial charge in [-0.2, -0.15) is 0 Å². The van der Waals surface area contributed by atoms with Gasteiger partial charge < -0.3 is 0 Å². The van der Waals surface area contributed by atoms with Crippen LogP contribution in [-0.2, 0) is 4.79 Å². The van der Waals surface area contributed by atoms with Crippen LogP contribution in [0.25, 0.3) is 0 Å². The first-order valence-corrected chi connectivity index (χ1v) is 3.34. The molecule has 0 saturated carbocycles. The summed E-state index contributed by atoms with van der Waals surface area (Å²) in [5, 5.41) is 11.4. The van der Waals surface area contributed by atoms with Crippen LogP contribution in [0.2, 0.25) is 6.32 Å². The zero-order valence-corrected chi connectivity index (χ0v) is 5.71. The number of carbonyl (C=O) groups is 1. The van der Waals surface area contributed by atoms with Crippen LogP contribution >= 0.6 is 0 Å². The quantitative estimate of drug-likeness (QED) is 0.358. The Morgan fingerprint density at radius 1 is 1.90 bits per heavy atom. The molecule has 0 amide bonds. The summed E-state index contributed by atoms with van der Waals surface area (Å²) in [7, 11) is 0. The van der Waals surface area contributed by atoms with E-state index >= 15 is 0 Å². The Labute approximate surface area is 60.3 Å². The van der Waals surface area contributed by atoms with E-state index in [4.69, 9.17) is 5.11 Å². The molecule has 10 heavy (non-hydrogen) atoms. The van der Waals surface area contributed by atoms with Gasteiger partial charge in [-0.15, -0.1) is 0 Å². The maximum absolute atomic E-state index is 10.1. The van der Waals surface area contributed by atoms with E-state index in [1.807, 2.05) is 0 Å². The number of hydrogen-bond acceptors (Lipinski definition) is 3. The Hall–Kier alpha value is -0.475. The summed E-state index contributed by atoms with van der Waals surface area (Å²) in [5.74, 6) is 0. The van der Waals surface area contributed by atoms with Crippen molar-refractivity contribution >= 4 is 18.7 Å². The standard InChI is InChI=1S/C6H10BNO2/c9-3-6(4-10)8-2-5-1-7-5/h3,6,8,10H,1-2,4H2/t6-/m1/s1. The van der Waals surface area contributed by atoms with Crippen molar-refractivity contribution in [1.29, 1.82) is 0 Å². The Kier molecular flexibility index (Phi) is 2.77. The summed E-state index contributed by atoms with van der Waals surface area (Å²) in [5.41, 5.74) is 1.32. The Balaban J connectivity index is 2.08. The van der Waals surface area contributed by atoms with Crippen molar-refractivity contribution in [3.05, 3.63) is 0 Å². The second-order valence-electron chi connectivity index (χ2n) is 2.37. The summed E-state index contributed by atoms with van der Waals surface area (Å²) in [6.07, 6.45) is 1.78. The number of carbonyl (C=O) groups excluding carboxylic acids is 1. The summed E-state index contributed by atoms with van der Waals surface area (Å²) in [6.45, 7) is 2.72. The molecule has 0 saturated heterocycles. The Morgan fingerprint density at radius 2 is 2.60 bits per heavy atom. The second-order valence-corrected chi connectivity index (χ2v) is 2.37. The van der Waals surface area contributed by atoms with Crippen LogP contribution in [0.15, 0.2) is 0 Å². The first-order chi connectivity index (χ1) is 4.86. The third kappa shape index (κ3) is 2.41. The van der Waals surface area contributed by atoms with Gasteiger partial charge >= 0.3 is 59.4 Å². The van der Waals surface area contributed by atoms with E-state index in [9.17, 15) is 4.79 Å². The molecule has 0 radical (unpaired) electrons. The van der Waals surface area contributed by atoms with Gasteiger partial charge in [0.2, 0.25) is 0 Å². The summed E-state index contributed by atoms with van der Waals surface area (Å²) < 4.78 is 0. The first kappa shape index (κ1) is 7.63. The third-order valence-corrected chi connectivity index (χ3v) is 1.45. The van der Waals surface area contributed by atoms with E-state index in [2.05, 4.69) is 12.2 Å². The van der Waals surface area contributed by atoms with E-state index < -0.39 is 0 Å². The number of nitrogens with one attached hydrogen (secondary N) is 1. The molecule has 1 heterocycles. The van der Waals surface area contributed by atoms with Crippen molar-refractivity contribution in [3.63, 3.8) is 0 Å². The monoisotopic (exact) mass is 139 g/mol. The van der Waals surface area contributed by atoms with Crippen LogP contribution in [-0.4, -0.2) is 43.0 Å². The van der Waals surface area contributed by atoms with E-state index in [0.717, 1.165) is 19.2 Å². The molecule has 1 aliphatic rings. The summed E-state index contributed by atoms with van der Waals surface area (Å²) in [4.78, 5) is 10.1. The maximum atomic E-state index is 10.1. The van der Waals surface area contributed by atoms with Crippen molar-refractivity contribution < 1.29 is 9.90 Å². The number of aldehydes is 1. The normalized spacial score (nSPS) is 17.1. The average Bonchev–Trinajstić information content (AvgIpc) is 2.74. The van der Waals surface area contributed by atoms with Crippen LogP contribution in [0.3, 0.4) is 0 Å². The molecule has 0 fully saturated rings. The SMILES string of the molecule is O=C[C@H](CO)NCC1=BC1. The Bertz CT molecular complexity index is 158. The zero-order valence-electron chi connectivity index (χ0n) is 5.71. The number of hydrogen-bond donors (Lipinski definition) is 2. The number of rotatable bonds is 5. The van der Waals surface area contributed by atoms with Gasteiger partial charge in [0.15, 0.2) is 0 Å². The molecule has 0 spiro atoms. The molecular formula is C6H10BNO2. The van der Waals surface area contributed by atoms with Crippen LogP contribution in [0, 0.1) is 0 Å². The second kappa shape index (κ2) is 3.63. The molecule has 2 N–H and O–H groups in total. The minimum absolute atomic E-state index is 0.114. The molecule has 0 aromatic heterocycles. The fourth-order valence-electron chi connectivity index (χ4n) is 0.634. The van der Waals surface area contributed by atoms with Gasteiger partial charge in [-0.3, -0.25) is 0 Å². The van der Waals surface area contributed by atoms with Crippen molar-refractivity contribution in [3.8, 4) is 0 Å². The van der Waals surface area contributed by atoms with Crippen molar-refractivity contribution in [2.75, 3.05) is 13.2 Å². The van der Waals surface area contributed by atoms with Crippen LogP contribution < -0.4 is 5.32 Å². The summed E-state index contributed by atoms with van der Waals surface area (Å²) >= 11 is 0. The fourth-order valence-corrected chi connectivity index (χ4v) is 0.634. The molecule has 0 aliphatic carbocycles. The fraction of sp³-hybridized carbons (Fsp3) is 0.667.